The summed E-state index contributed by atoms with van der Waals surface area (Å²) in [6.07, 6.45) is 4.12. The monoisotopic (exact) mass is 278 g/mol. The normalized spacial score (nSPS) is 19.6. The molecular weight excluding hydrogens is 256 g/mol. The number of aryl methyl sites for hydroxylation is 1. The van der Waals surface area contributed by atoms with E-state index in [1.807, 2.05) is 0 Å². The molecule has 1 fully saturated rings. The number of amides is 1. The summed E-state index contributed by atoms with van der Waals surface area (Å²) in [5, 5.41) is 10.3. The summed E-state index contributed by atoms with van der Waals surface area (Å²) in [5.74, 6) is 0.316. The van der Waals surface area contributed by atoms with Gasteiger partial charge < -0.3 is 15.2 Å². The van der Waals surface area contributed by atoms with Crippen LogP contribution in [0.25, 0.3) is 0 Å². The third-order valence-corrected chi connectivity index (χ3v) is 4.09. The lowest BCUT2D eigenvalue weighted by Crippen LogP contribution is -2.46. The van der Waals surface area contributed by atoms with Crippen LogP contribution in [0, 0.1) is 0 Å². The van der Waals surface area contributed by atoms with Crippen LogP contribution in [0.4, 0.5) is 0 Å². The Morgan fingerprint density at radius 2 is 2.10 bits per heavy atom. The molecule has 2 heterocycles. The molecule has 110 valence electrons. The van der Waals surface area contributed by atoms with Gasteiger partial charge in [0.1, 0.15) is 0 Å². The first kappa shape index (κ1) is 13.6. The van der Waals surface area contributed by atoms with Crippen molar-refractivity contribution in [3.63, 3.8) is 0 Å². The summed E-state index contributed by atoms with van der Waals surface area (Å²) in [6, 6.07) is 0. The summed E-state index contributed by atoms with van der Waals surface area (Å²) < 4.78 is 5.24. The van der Waals surface area contributed by atoms with Crippen LogP contribution >= 0.6 is 0 Å². The third-order valence-electron chi connectivity index (χ3n) is 4.09. The van der Waals surface area contributed by atoms with Gasteiger partial charge in [0, 0.05) is 44.8 Å². The van der Waals surface area contributed by atoms with E-state index >= 15 is 0 Å². The Morgan fingerprint density at radius 1 is 1.30 bits per heavy atom. The average molecular weight is 278 g/mol. The fourth-order valence-electron chi connectivity index (χ4n) is 2.91. The number of aromatic nitrogens is 1. The van der Waals surface area contributed by atoms with Crippen LogP contribution in [0.3, 0.4) is 0 Å². The molecule has 1 amide bonds. The van der Waals surface area contributed by atoms with Gasteiger partial charge >= 0.3 is 0 Å². The molecule has 0 unspecified atom stereocenters. The number of carbonyl (C=O) groups excluding carboxylic acids is 1. The zero-order valence-corrected chi connectivity index (χ0v) is 11.8. The zero-order chi connectivity index (χ0) is 13.8. The number of carbonyl (C=O) groups is 1. The van der Waals surface area contributed by atoms with Crippen LogP contribution in [0.2, 0.25) is 0 Å². The van der Waals surface area contributed by atoms with Crippen LogP contribution in [-0.4, -0.2) is 55.2 Å². The van der Waals surface area contributed by atoms with Gasteiger partial charge in [0.05, 0.1) is 5.69 Å². The number of hydrogen-bond acceptors (Lipinski definition) is 5. The first-order valence-corrected chi connectivity index (χ1v) is 7.53. The molecule has 20 heavy (non-hydrogen) atoms. The lowest BCUT2D eigenvalue weighted by Gasteiger charge is -2.26. The predicted octanol–water partition coefficient (Wildman–Crippen LogP) is 0.188. The highest BCUT2D eigenvalue weighted by molar-refractivity contribution is 5.93. The molecule has 1 saturated heterocycles. The molecule has 1 aromatic rings. The van der Waals surface area contributed by atoms with Crippen LogP contribution < -0.4 is 10.6 Å². The summed E-state index contributed by atoms with van der Waals surface area (Å²) in [6.45, 7) is 5.71. The molecule has 6 heteroatoms. The molecule has 2 aliphatic rings. The molecule has 1 aromatic heterocycles. The minimum atomic E-state index is -0.115. The van der Waals surface area contributed by atoms with Gasteiger partial charge in [0.15, 0.2) is 0 Å². The van der Waals surface area contributed by atoms with E-state index in [1.165, 1.54) is 0 Å². The Balaban J connectivity index is 1.50. The van der Waals surface area contributed by atoms with Gasteiger partial charge in [-0.15, -0.1) is 0 Å². The molecule has 0 atom stereocenters. The highest BCUT2D eigenvalue weighted by Crippen LogP contribution is 2.23. The largest absolute Gasteiger partial charge is 0.350 e. The maximum absolute atomic E-state index is 12.1. The van der Waals surface area contributed by atoms with E-state index in [9.17, 15) is 4.79 Å². The van der Waals surface area contributed by atoms with E-state index in [0.29, 0.717) is 12.3 Å². The van der Waals surface area contributed by atoms with Crippen LogP contribution in [0.15, 0.2) is 4.52 Å². The highest BCUT2D eigenvalue weighted by Gasteiger charge is 2.23. The number of nitrogens with zero attached hydrogens (tertiary/aromatic N) is 2. The van der Waals surface area contributed by atoms with E-state index in [0.717, 1.165) is 69.7 Å². The Kier molecular flexibility index (Phi) is 4.32. The van der Waals surface area contributed by atoms with E-state index < -0.39 is 0 Å². The standard InChI is InChI=1S/C14H22N4O2/c19-14(16-7-10-18-8-5-15-6-9-18)13-11-3-1-2-4-12(11)17-20-13/h15H,1-10H2,(H,16,19). The van der Waals surface area contributed by atoms with Crippen molar-refractivity contribution >= 4 is 5.91 Å². The first-order chi connectivity index (χ1) is 9.84. The van der Waals surface area contributed by atoms with E-state index in [1.54, 1.807) is 0 Å². The number of piperazine rings is 1. The van der Waals surface area contributed by atoms with E-state index in [-0.39, 0.29) is 5.91 Å². The number of fused-ring (bicyclic) bond motifs is 1. The average Bonchev–Trinajstić information content (AvgIpc) is 2.92. The fraction of sp³-hybridized carbons (Fsp3) is 0.714. The Labute approximate surface area is 118 Å². The summed E-state index contributed by atoms with van der Waals surface area (Å²) in [4.78, 5) is 14.5. The van der Waals surface area contributed by atoms with Gasteiger partial charge in [-0.3, -0.25) is 9.69 Å². The van der Waals surface area contributed by atoms with Crippen molar-refractivity contribution < 1.29 is 9.32 Å². The molecule has 0 saturated carbocycles. The van der Waals surface area contributed by atoms with Crippen molar-refractivity contribution in [2.75, 3.05) is 39.3 Å². The smallest absolute Gasteiger partial charge is 0.290 e. The van der Waals surface area contributed by atoms with Gasteiger partial charge in [-0.25, -0.2) is 0 Å². The summed E-state index contributed by atoms with van der Waals surface area (Å²) >= 11 is 0. The van der Waals surface area contributed by atoms with Gasteiger partial charge in [-0.1, -0.05) is 5.16 Å². The van der Waals surface area contributed by atoms with Crippen molar-refractivity contribution in [3.8, 4) is 0 Å². The Hall–Kier alpha value is -1.40. The molecule has 1 aliphatic heterocycles. The van der Waals surface area contributed by atoms with Gasteiger partial charge in [-0.2, -0.15) is 0 Å². The van der Waals surface area contributed by atoms with Crippen molar-refractivity contribution in [2.24, 2.45) is 0 Å². The molecule has 2 N–H and O–H groups in total. The fourth-order valence-corrected chi connectivity index (χ4v) is 2.91. The lowest BCUT2D eigenvalue weighted by molar-refractivity contribution is 0.0909. The molecule has 0 radical (unpaired) electrons. The van der Waals surface area contributed by atoms with Crippen LogP contribution in [-0.2, 0) is 12.8 Å². The van der Waals surface area contributed by atoms with Gasteiger partial charge in [0.25, 0.3) is 5.91 Å². The molecule has 0 spiro atoms. The third kappa shape index (κ3) is 3.02. The molecule has 6 nitrogen and oxygen atoms in total. The van der Waals surface area contributed by atoms with Crippen molar-refractivity contribution in [1.29, 1.82) is 0 Å². The summed E-state index contributed by atoms with van der Waals surface area (Å²) in [5.41, 5.74) is 2.00. The Bertz CT molecular complexity index is 466. The molecular formula is C14H22N4O2. The minimum absolute atomic E-state index is 0.115. The maximum Gasteiger partial charge on any atom is 0.290 e. The second-order valence-electron chi connectivity index (χ2n) is 5.49. The predicted molar refractivity (Wildman–Crippen MR) is 74.8 cm³/mol. The molecule has 1 aliphatic carbocycles. The molecule has 0 aromatic carbocycles. The second kappa shape index (κ2) is 6.37. The number of nitrogens with one attached hydrogen (secondary N) is 2. The molecule has 3 rings (SSSR count). The number of hydrogen-bond donors (Lipinski definition) is 2. The van der Waals surface area contributed by atoms with Crippen molar-refractivity contribution in [3.05, 3.63) is 17.0 Å². The minimum Gasteiger partial charge on any atom is -0.350 e. The quantitative estimate of drug-likeness (QED) is 0.822. The lowest BCUT2D eigenvalue weighted by atomic mass is 9.96. The van der Waals surface area contributed by atoms with Crippen molar-refractivity contribution in [1.82, 2.24) is 20.7 Å². The number of rotatable bonds is 4. The van der Waals surface area contributed by atoms with Crippen LogP contribution in [0.5, 0.6) is 0 Å². The first-order valence-electron chi connectivity index (χ1n) is 7.53. The SMILES string of the molecule is O=C(NCCN1CCNCC1)c1onc2c1CCCC2. The second-order valence-corrected chi connectivity index (χ2v) is 5.49. The Morgan fingerprint density at radius 3 is 2.95 bits per heavy atom. The molecule has 0 bridgehead atoms. The zero-order valence-electron chi connectivity index (χ0n) is 11.8. The van der Waals surface area contributed by atoms with Crippen molar-refractivity contribution in [2.45, 2.75) is 25.7 Å². The van der Waals surface area contributed by atoms with E-state index in [4.69, 9.17) is 4.52 Å². The van der Waals surface area contributed by atoms with E-state index in [2.05, 4.69) is 20.7 Å². The maximum atomic E-state index is 12.1. The van der Waals surface area contributed by atoms with Gasteiger partial charge in [-0.05, 0) is 25.7 Å². The highest BCUT2D eigenvalue weighted by atomic mass is 16.5. The van der Waals surface area contributed by atoms with Crippen LogP contribution in [0.1, 0.15) is 34.7 Å². The van der Waals surface area contributed by atoms with Gasteiger partial charge in [0.2, 0.25) is 5.76 Å². The summed E-state index contributed by atoms with van der Waals surface area (Å²) in [7, 11) is 0. The topological polar surface area (TPSA) is 70.4 Å².